The molecule has 0 amide bonds. The Labute approximate surface area is 131 Å². The van der Waals surface area contributed by atoms with Gasteiger partial charge in [0.1, 0.15) is 0 Å². The maximum absolute atomic E-state index is 3.52. The molecule has 4 aliphatic carbocycles. The van der Waals surface area contributed by atoms with E-state index in [9.17, 15) is 0 Å². The van der Waals surface area contributed by atoms with Gasteiger partial charge in [-0.3, -0.25) is 0 Å². The molecule has 4 aliphatic rings. The van der Waals surface area contributed by atoms with Crippen molar-refractivity contribution in [2.45, 2.75) is 61.0 Å². The molecule has 0 saturated heterocycles. The van der Waals surface area contributed by atoms with Crippen molar-refractivity contribution in [2.24, 2.45) is 23.7 Å². The summed E-state index contributed by atoms with van der Waals surface area (Å²) in [6.07, 6.45) is 12.7. The fourth-order valence-corrected chi connectivity index (χ4v) is 15.5. The monoisotopic (exact) mass is 442 g/mol. The molecule has 6 atom stereocenters. The number of hydrogen-bond donors (Lipinski definition) is 0. The summed E-state index contributed by atoms with van der Waals surface area (Å²) in [5.74, 6) is 4.58. The van der Waals surface area contributed by atoms with Gasteiger partial charge in [0.25, 0.3) is 0 Å². The van der Waals surface area contributed by atoms with E-state index in [4.69, 9.17) is 0 Å². The van der Waals surface area contributed by atoms with E-state index < -0.39 is 0 Å². The molecule has 4 bridgehead atoms. The Morgan fingerprint density at radius 2 is 1.22 bits per heavy atom. The molecule has 0 aromatic heterocycles. The molecule has 0 heterocycles. The van der Waals surface area contributed by atoms with Crippen LogP contribution in [-0.4, -0.2) is 47.7 Å². The minimum absolute atomic E-state index is 0.863. The van der Waals surface area contributed by atoms with Crippen LogP contribution < -0.4 is 0 Å². The van der Waals surface area contributed by atoms with Crippen LogP contribution in [0.15, 0.2) is 0 Å². The Hall–Kier alpha value is 1.43. The van der Waals surface area contributed by atoms with Crippen LogP contribution in [0, 0.1) is 23.7 Å². The molecule has 0 spiro atoms. The first kappa shape index (κ1) is 13.1. The zero-order valence-electron chi connectivity index (χ0n) is 10.8. The van der Waals surface area contributed by atoms with E-state index in [0.29, 0.717) is 0 Å². The summed E-state index contributed by atoms with van der Waals surface area (Å²) in [6.45, 7) is 0. The van der Waals surface area contributed by atoms with E-state index in [0.717, 1.165) is 63.2 Å². The first-order valence-electron chi connectivity index (χ1n) is 7.65. The molecular formula is C15H22Se3. The van der Waals surface area contributed by atoms with Gasteiger partial charge >= 0.3 is 132 Å². The third kappa shape index (κ3) is 2.49. The fraction of sp³-hybridized carbons (Fsp3) is 0.933. The van der Waals surface area contributed by atoms with Crippen molar-refractivity contribution >= 4 is 47.7 Å². The average molecular weight is 439 g/mol. The minimum atomic E-state index is 0.863. The van der Waals surface area contributed by atoms with Crippen molar-refractivity contribution in [3.05, 3.63) is 0 Å². The maximum atomic E-state index is 3.52. The standard InChI is InChI=1S/C15H22Se3/c16-15(17-13-7-9-1-3-11(13)5-9)18-14-8-10-2-4-12(14)6-10/h9-14H,1-8H2. The van der Waals surface area contributed by atoms with Crippen molar-refractivity contribution in [3.8, 4) is 0 Å². The molecule has 0 aliphatic heterocycles. The first-order valence-corrected chi connectivity index (χ1v) is 12.2. The van der Waals surface area contributed by atoms with Crippen molar-refractivity contribution in [2.75, 3.05) is 0 Å². The molecular weight excluding hydrogens is 417 g/mol. The Kier molecular flexibility index (Phi) is 3.88. The van der Waals surface area contributed by atoms with E-state index in [1.807, 2.05) is 2.21 Å². The summed E-state index contributed by atoms with van der Waals surface area (Å²) < 4.78 is 1.87. The SMILES string of the molecule is [Se]=C([Se]C1CC2CCC1C2)[Se]C1CC2CCC1C2. The molecule has 18 heavy (non-hydrogen) atoms. The van der Waals surface area contributed by atoms with Gasteiger partial charge in [-0.25, -0.2) is 0 Å². The molecule has 0 radical (unpaired) electrons. The molecule has 0 N–H and O–H groups in total. The Bertz CT molecular complexity index is 322. The van der Waals surface area contributed by atoms with Crippen molar-refractivity contribution in [1.29, 1.82) is 0 Å². The summed E-state index contributed by atoms with van der Waals surface area (Å²) in [5.41, 5.74) is 0. The van der Waals surface area contributed by atoms with Gasteiger partial charge in [-0.2, -0.15) is 0 Å². The van der Waals surface area contributed by atoms with E-state index in [1.165, 1.54) is 0 Å². The Morgan fingerprint density at radius 1 is 0.722 bits per heavy atom. The first-order chi connectivity index (χ1) is 8.78. The van der Waals surface area contributed by atoms with E-state index in [2.05, 4.69) is 15.6 Å². The summed E-state index contributed by atoms with van der Waals surface area (Å²) in [5, 5.41) is 0. The average Bonchev–Trinajstić information content (AvgIpc) is 3.08. The van der Waals surface area contributed by atoms with Crippen molar-refractivity contribution < 1.29 is 0 Å². The third-order valence-electron chi connectivity index (χ3n) is 5.84. The van der Waals surface area contributed by atoms with Crippen LogP contribution in [0.25, 0.3) is 0 Å². The predicted octanol–water partition coefficient (Wildman–Crippen LogP) is 2.87. The van der Waals surface area contributed by atoms with Gasteiger partial charge in [0.05, 0.1) is 0 Å². The van der Waals surface area contributed by atoms with Crippen LogP contribution in [-0.2, 0) is 0 Å². The van der Waals surface area contributed by atoms with Gasteiger partial charge in [-0.1, -0.05) is 0 Å². The van der Waals surface area contributed by atoms with Crippen molar-refractivity contribution in [3.63, 3.8) is 0 Å². The molecule has 6 unspecified atom stereocenters. The summed E-state index contributed by atoms with van der Waals surface area (Å²) in [6, 6.07) is 0. The molecule has 4 rings (SSSR count). The van der Waals surface area contributed by atoms with E-state index in [-0.39, 0.29) is 0 Å². The topological polar surface area (TPSA) is 0 Å². The zero-order chi connectivity index (χ0) is 12.1. The predicted molar refractivity (Wildman–Crippen MR) is 80.7 cm³/mol. The summed E-state index contributed by atoms with van der Waals surface area (Å²) >= 11 is 5.25. The summed E-state index contributed by atoms with van der Waals surface area (Å²) in [4.78, 5) is 2.29. The van der Waals surface area contributed by atoms with Gasteiger partial charge in [0, 0.05) is 0 Å². The number of rotatable bonds is 4. The second-order valence-electron chi connectivity index (χ2n) is 6.91. The van der Waals surface area contributed by atoms with Crippen molar-refractivity contribution in [1.82, 2.24) is 0 Å². The Balaban J connectivity index is 1.29. The van der Waals surface area contributed by atoms with E-state index >= 15 is 0 Å². The van der Waals surface area contributed by atoms with Gasteiger partial charge < -0.3 is 0 Å². The quantitative estimate of drug-likeness (QED) is 0.592. The van der Waals surface area contributed by atoms with Gasteiger partial charge in [0.15, 0.2) is 0 Å². The third-order valence-corrected chi connectivity index (χ3v) is 14.5. The Morgan fingerprint density at radius 3 is 1.56 bits per heavy atom. The van der Waals surface area contributed by atoms with Crippen LogP contribution in [0.2, 0.25) is 9.63 Å². The van der Waals surface area contributed by atoms with Gasteiger partial charge in [-0.05, 0) is 0 Å². The number of fused-ring (bicyclic) bond motifs is 4. The van der Waals surface area contributed by atoms with Crippen LogP contribution in [0.5, 0.6) is 0 Å². The van der Waals surface area contributed by atoms with Crippen LogP contribution in [0.1, 0.15) is 51.4 Å². The molecule has 0 aromatic rings. The molecule has 3 heteroatoms. The zero-order valence-corrected chi connectivity index (χ0v) is 16.0. The normalized spacial score (nSPS) is 49.1. The summed E-state index contributed by atoms with van der Waals surface area (Å²) in [7, 11) is 0. The van der Waals surface area contributed by atoms with Crippen LogP contribution in [0.3, 0.4) is 0 Å². The van der Waals surface area contributed by atoms with E-state index in [1.54, 1.807) is 51.4 Å². The second kappa shape index (κ2) is 5.32. The van der Waals surface area contributed by atoms with Crippen LogP contribution >= 0.6 is 0 Å². The van der Waals surface area contributed by atoms with Gasteiger partial charge in [-0.15, -0.1) is 0 Å². The molecule has 0 aromatic carbocycles. The van der Waals surface area contributed by atoms with Gasteiger partial charge in [0.2, 0.25) is 0 Å². The van der Waals surface area contributed by atoms with Crippen LogP contribution in [0.4, 0.5) is 0 Å². The fourth-order valence-electron chi connectivity index (χ4n) is 4.94. The number of hydrogen-bond acceptors (Lipinski definition) is 0. The molecule has 0 nitrogen and oxygen atoms in total. The molecule has 4 saturated carbocycles. The molecule has 100 valence electrons. The second-order valence-corrected chi connectivity index (χ2v) is 16.9. The molecule has 4 fully saturated rings.